The average molecular weight is 328 g/mol. The zero-order chi connectivity index (χ0) is 17.1. The monoisotopic (exact) mass is 328 g/mol. The molecule has 2 aromatic rings. The van der Waals surface area contributed by atoms with E-state index in [1.807, 2.05) is 0 Å². The third kappa shape index (κ3) is 3.27. The van der Waals surface area contributed by atoms with Gasteiger partial charge in [-0.05, 0) is 37.5 Å². The molecule has 1 saturated carbocycles. The minimum atomic E-state index is -1.19. The van der Waals surface area contributed by atoms with Gasteiger partial charge in [-0.15, -0.1) is 0 Å². The quantitative estimate of drug-likeness (QED) is 0.915. The first kappa shape index (κ1) is 16.1. The van der Waals surface area contributed by atoms with Gasteiger partial charge in [0.1, 0.15) is 11.5 Å². The van der Waals surface area contributed by atoms with E-state index in [0.717, 1.165) is 19.3 Å². The number of carbonyl (C=O) groups is 2. The van der Waals surface area contributed by atoms with Crippen LogP contribution in [0.2, 0.25) is 0 Å². The van der Waals surface area contributed by atoms with Crippen molar-refractivity contribution in [3.8, 4) is 0 Å². The zero-order valence-electron chi connectivity index (χ0n) is 13.0. The lowest BCUT2D eigenvalue weighted by atomic mass is 9.90. The molecule has 0 unspecified atom stereocenters. The first-order chi connectivity index (χ1) is 11.6. The number of hydrogen-bond acceptors (Lipinski definition) is 3. The highest BCUT2D eigenvalue weighted by atomic mass is 19.1. The van der Waals surface area contributed by atoms with E-state index in [4.69, 9.17) is 5.11 Å². The Morgan fingerprint density at radius 1 is 1.25 bits per heavy atom. The Morgan fingerprint density at radius 2 is 2.00 bits per heavy atom. The second-order valence-electron chi connectivity index (χ2n) is 5.84. The molecule has 1 aromatic heterocycles. The van der Waals surface area contributed by atoms with Crippen LogP contribution in [0.25, 0.3) is 0 Å². The topological polar surface area (TPSA) is 70.5 Å². The molecule has 1 N–H and O–H groups in total. The number of hydrogen-bond donors (Lipinski definition) is 1. The molecule has 1 aliphatic carbocycles. The van der Waals surface area contributed by atoms with Crippen LogP contribution < -0.4 is 0 Å². The number of carbonyl (C=O) groups excluding carboxylic acids is 1. The van der Waals surface area contributed by atoms with Crippen molar-refractivity contribution in [3.63, 3.8) is 0 Å². The van der Waals surface area contributed by atoms with Gasteiger partial charge in [0.2, 0.25) is 0 Å². The Kier molecular flexibility index (Phi) is 4.55. The van der Waals surface area contributed by atoms with Crippen LogP contribution in [0.5, 0.6) is 0 Å². The maximum atomic E-state index is 13.9. The fourth-order valence-corrected chi connectivity index (χ4v) is 2.72. The van der Waals surface area contributed by atoms with Gasteiger partial charge in [-0.1, -0.05) is 18.2 Å². The highest BCUT2D eigenvalue weighted by Gasteiger charge is 2.30. The van der Waals surface area contributed by atoms with Crippen molar-refractivity contribution in [2.45, 2.75) is 31.8 Å². The Hall–Kier alpha value is -2.76. The number of pyridine rings is 1. The molecule has 24 heavy (non-hydrogen) atoms. The molecule has 1 fully saturated rings. The van der Waals surface area contributed by atoms with Gasteiger partial charge in [0.05, 0.1) is 0 Å². The largest absolute Gasteiger partial charge is 0.477 e. The van der Waals surface area contributed by atoms with Crippen LogP contribution in [0.1, 0.15) is 45.7 Å². The summed E-state index contributed by atoms with van der Waals surface area (Å²) in [7, 11) is 0. The fraction of sp³-hybridized carbons (Fsp3) is 0.278. The Morgan fingerprint density at radius 3 is 2.62 bits per heavy atom. The van der Waals surface area contributed by atoms with E-state index in [9.17, 15) is 14.0 Å². The van der Waals surface area contributed by atoms with Gasteiger partial charge < -0.3 is 10.0 Å². The zero-order valence-corrected chi connectivity index (χ0v) is 13.0. The smallest absolute Gasteiger partial charge is 0.354 e. The second kappa shape index (κ2) is 6.78. The lowest BCUT2D eigenvalue weighted by Crippen LogP contribution is -2.43. The summed E-state index contributed by atoms with van der Waals surface area (Å²) in [5.41, 5.74) is 0.524. The summed E-state index contributed by atoms with van der Waals surface area (Å²) in [6.07, 6.45) is 4.08. The molecule has 1 amide bonds. The second-order valence-corrected chi connectivity index (χ2v) is 5.84. The van der Waals surface area contributed by atoms with Crippen LogP contribution in [0, 0.1) is 5.82 Å². The summed E-state index contributed by atoms with van der Waals surface area (Å²) in [5.74, 6) is -1.84. The van der Waals surface area contributed by atoms with E-state index in [-0.39, 0.29) is 35.6 Å². The van der Waals surface area contributed by atoms with Crippen LogP contribution in [0.4, 0.5) is 4.39 Å². The molecule has 1 heterocycles. The molecule has 0 radical (unpaired) electrons. The lowest BCUT2D eigenvalue weighted by molar-refractivity contribution is 0.0554. The van der Waals surface area contributed by atoms with E-state index >= 15 is 0 Å². The lowest BCUT2D eigenvalue weighted by Gasteiger charge is -2.37. The Labute approximate surface area is 138 Å². The third-order valence-corrected chi connectivity index (χ3v) is 4.30. The minimum absolute atomic E-state index is 0.0542. The van der Waals surface area contributed by atoms with Gasteiger partial charge in [0.15, 0.2) is 0 Å². The minimum Gasteiger partial charge on any atom is -0.477 e. The van der Waals surface area contributed by atoms with Gasteiger partial charge in [0.25, 0.3) is 5.91 Å². The Bertz CT molecular complexity index is 774. The average Bonchev–Trinajstić information content (AvgIpc) is 2.54. The van der Waals surface area contributed by atoms with Gasteiger partial charge in [0, 0.05) is 29.9 Å². The van der Waals surface area contributed by atoms with Gasteiger partial charge in [-0.3, -0.25) is 4.79 Å². The van der Waals surface area contributed by atoms with Crippen LogP contribution >= 0.6 is 0 Å². The van der Waals surface area contributed by atoms with Crippen LogP contribution in [-0.4, -0.2) is 32.9 Å². The summed E-state index contributed by atoms with van der Waals surface area (Å²) < 4.78 is 13.9. The third-order valence-electron chi connectivity index (χ3n) is 4.30. The summed E-state index contributed by atoms with van der Waals surface area (Å²) in [4.78, 5) is 29.3. The first-order valence-electron chi connectivity index (χ1n) is 7.80. The molecule has 1 aromatic carbocycles. The maximum absolute atomic E-state index is 13.9. The SMILES string of the molecule is O=C(O)c1cc(C(=O)N(Cc2ccccc2F)C2CCC2)ccn1. The molecule has 5 nitrogen and oxygen atoms in total. The van der Waals surface area contributed by atoms with Gasteiger partial charge in [-0.2, -0.15) is 0 Å². The van der Waals surface area contributed by atoms with E-state index < -0.39 is 5.97 Å². The fourth-order valence-electron chi connectivity index (χ4n) is 2.72. The number of carboxylic acid groups (broad SMARTS) is 1. The molecule has 0 saturated heterocycles. The van der Waals surface area contributed by atoms with Crippen LogP contribution in [0.15, 0.2) is 42.6 Å². The van der Waals surface area contributed by atoms with Crippen molar-refractivity contribution >= 4 is 11.9 Å². The number of nitrogens with zero attached hydrogens (tertiary/aromatic N) is 2. The molecule has 0 aliphatic heterocycles. The molecular formula is C18H17FN2O3. The maximum Gasteiger partial charge on any atom is 0.354 e. The summed E-state index contributed by atoms with van der Waals surface area (Å²) in [6.45, 7) is 0.168. The summed E-state index contributed by atoms with van der Waals surface area (Å²) in [6, 6.07) is 9.17. The number of rotatable bonds is 5. The summed E-state index contributed by atoms with van der Waals surface area (Å²) >= 11 is 0. The van der Waals surface area contributed by atoms with Crippen molar-refractivity contribution in [2.24, 2.45) is 0 Å². The van der Waals surface area contributed by atoms with Crippen molar-refractivity contribution in [1.29, 1.82) is 0 Å². The van der Waals surface area contributed by atoms with Crippen molar-refractivity contribution in [2.75, 3.05) is 0 Å². The number of amides is 1. The molecule has 0 bridgehead atoms. The normalized spacial score (nSPS) is 14.0. The molecule has 0 atom stereocenters. The molecular weight excluding hydrogens is 311 g/mol. The van der Waals surface area contributed by atoms with Crippen molar-refractivity contribution < 1.29 is 19.1 Å². The number of halogens is 1. The number of benzene rings is 1. The Balaban J connectivity index is 1.88. The number of carboxylic acids is 1. The summed E-state index contributed by atoms with van der Waals surface area (Å²) in [5, 5.41) is 9.03. The van der Waals surface area contributed by atoms with Gasteiger partial charge >= 0.3 is 5.97 Å². The van der Waals surface area contributed by atoms with Crippen LogP contribution in [-0.2, 0) is 6.54 Å². The van der Waals surface area contributed by atoms with Crippen molar-refractivity contribution in [3.05, 3.63) is 65.2 Å². The van der Waals surface area contributed by atoms with E-state index in [1.54, 1.807) is 23.1 Å². The predicted molar refractivity (Wildman–Crippen MR) is 85.1 cm³/mol. The molecule has 3 rings (SSSR count). The van der Waals surface area contributed by atoms with E-state index in [1.165, 1.54) is 24.4 Å². The standard InChI is InChI=1S/C18H17FN2O3/c19-15-7-2-1-4-13(15)11-21(14-5-3-6-14)17(22)12-8-9-20-16(10-12)18(23)24/h1-2,4,7-10,14H,3,5-6,11H2,(H,23,24). The molecule has 0 spiro atoms. The van der Waals surface area contributed by atoms with Crippen LogP contribution in [0.3, 0.4) is 0 Å². The molecule has 6 heteroatoms. The predicted octanol–water partition coefficient (Wildman–Crippen LogP) is 3.11. The van der Waals surface area contributed by atoms with Crippen molar-refractivity contribution in [1.82, 2.24) is 9.88 Å². The van der Waals surface area contributed by atoms with E-state index in [2.05, 4.69) is 4.98 Å². The highest BCUT2D eigenvalue weighted by molar-refractivity contribution is 5.96. The molecule has 1 aliphatic rings. The first-order valence-corrected chi connectivity index (χ1v) is 7.80. The molecule has 124 valence electrons. The highest BCUT2D eigenvalue weighted by Crippen LogP contribution is 2.28. The number of aromatic carboxylic acids is 1. The number of aromatic nitrogens is 1. The van der Waals surface area contributed by atoms with E-state index in [0.29, 0.717) is 5.56 Å². The van der Waals surface area contributed by atoms with Gasteiger partial charge in [-0.25, -0.2) is 14.2 Å².